The van der Waals surface area contributed by atoms with E-state index in [1.165, 1.54) is 0 Å². The number of aliphatic carboxylic acids is 3. The Kier molecular flexibility index (Phi) is 14.5. The first kappa shape index (κ1) is 40.9. The molecule has 3 aliphatic heterocycles. The first-order valence-electron chi connectivity index (χ1n) is 20.2. The number of amides is 1. The van der Waals surface area contributed by atoms with Gasteiger partial charge in [0.25, 0.3) is 0 Å². The van der Waals surface area contributed by atoms with Crippen LogP contribution in [0.4, 0.5) is 5.69 Å². The summed E-state index contributed by atoms with van der Waals surface area (Å²) in [6.07, 6.45) is 4.13. The van der Waals surface area contributed by atoms with Gasteiger partial charge in [-0.3, -0.25) is 19.2 Å². The first-order valence-corrected chi connectivity index (χ1v) is 20.2. The van der Waals surface area contributed by atoms with E-state index in [4.69, 9.17) is 0 Å². The monoisotopic (exact) mass is 767 g/mol. The van der Waals surface area contributed by atoms with Crippen LogP contribution < -0.4 is 26.6 Å². The van der Waals surface area contributed by atoms with Crippen molar-refractivity contribution < 1.29 is 34.5 Å². The third kappa shape index (κ3) is 11.2. The molecule has 3 fully saturated rings. The van der Waals surface area contributed by atoms with Gasteiger partial charge < -0.3 is 41.9 Å². The summed E-state index contributed by atoms with van der Waals surface area (Å²) in [4.78, 5) is 50.8. The Morgan fingerprint density at radius 1 is 0.571 bits per heavy atom. The standard InChI is InChI=1S/C44H57N5O7/c50-41(49-17-16-48-36-9-3-7-31(20-36)24-40(44(55)56)35-12-15-47-27-35)37(32-8-2-6-30(19-32)23-39(43(53)54)34-11-14-46-26-34)21-28-4-1-5-29(18-28)22-38(42(51)52)33-10-13-45-25-33/h1-9,18-20,33-35,37-40,45-48H,10-17,21-27H2,(H,49,50)(H,51,52)(H,53,54)(H,55,56)/t33-,34-,35-,37?,38-,39-,40-/m0/s1. The zero-order chi connectivity index (χ0) is 39.4. The van der Waals surface area contributed by atoms with Crippen molar-refractivity contribution in [2.75, 3.05) is 57.7 Å². The lowest BCUT2D eigenvalue weighted by Gasteiger charge is -2.22. The van der Waals surface area contributed by atoms with Gasteiger partial charge in [-0.05, 0) is 142 Å². The van der Waals surface area contributed by atoms with Crippen LogP contribution in [0.3, 0.4) is 0 Å². The van der Waals surface area contributed by atoms with Crippen molar-refractivity contribution in [1.29, 1.82) is 0 Å². The number of rotatable bonds is 20. The Morgan fingerprint density at radius 3 is 1.50 bits per heavy atom. The molecular weight excluding hydrogens is 711 g/mol. The summed E-state index contributed by atoms with van der Waals surface area (Å²) in [5, 5.41) is 46.4. The number of carboxylic acids is 3. The maximum absolute atomic E-state index is 14.1. The lowest BCUT2D eigenvalue weighted by molar-refractivity contribution is -0.144. The van der Waals surface area contributed by atoms with E-state index >= 15 is 0 Å². The van der Waals surface area contributed by atoms with Crippen LogP contribution in [0.15, 0.2) is 72.8 Å². The Morgan fingerprint density at radius 2 is 1.02 bits per heavy atom. The molecule has 300 valence electrons. The summed E-state index contributed by atoms with van der Waals surface area (Å²) in [7, 11) is 0. The average Bonchev–Trinajstić information content (AvgIpc) is 4.01. The molecule has 3 aliphatic rings. The number of hydrogen-bond acceptors (Lipinski definition) is 8. The summed E-state index contributed by atoms with van der Waals surface area (Å²) in [5.41, 5.74) is 5.31. The van der Waals surface area contributed by atoms with Gasteiger partial charge in [0.15, 0.2) is 0 Å². The number of hydrogen-bond donors (Lipinski definition) is 8. The van der Waals surface area contributed by atoms with Gasteiger partial charge >= 0.3 is 17.9 Å². The highest BCUT2D eigenvalue weighted by molar-refractivity contribution is 5.84. The van der Waals surface area contributed by atoms with Crippen LogP contribution >= 0.6 is 0 Å². The zero-order valence-electron chi connectivity index (χ0n) is 32.1. The SMILES string of the molecule is O=C(NCCNc1cccc(C[C@H](C(=O)O)[C@H]2CCNC2)c1)C(Cc1cccc(C[C@H](C(=O)O)[C@H]2CCNC2)c1)c1cccc(C[C@H](C(=O)O)[C@H]2CCNC2)c1. The van der Waals surface area contributed by atoms with E-state index in [-0.39, 0.29) is 23.7 Å². The highest BCUT2D eigenvalue weighted by Gasteiger charge is 2.33. The third-order valence-corrected chi connectivity index (χ3v) is 12.1. The number of nitrogens with one attached hydrogen (secondary N) is 5. The van der Waals surface area contributed by atoms with Gasteiger partial charge in [0.05, 0.1) is 23.7 Å². The number of carbonyl (C=O) groups excluding carboxylic acids is 1. The fraction of sp³-hybridized carbons (Fsp3) is 0.500. The highest BCUT2D eigenvalue weighted by Crippen LogP contribution is 2.29. The number of anilines is 1. The van der Waals surface area contributed by atoms with E-state index in [0.29, 0.717) is 51.9 Å². The smallest absolute Gasteiger partial charge is 0.307 e. The van der Waals surface area contributed by atoms with Crippen molar-refractivity contribution in [3.63, 3.8) is 0 Å². The normalized spacial score (nSPS) is 21.5. The van der Waals surface area contributed by atoms with Crippen LogP contribution in [0.5, 0.6) is 0 Å². The minimum Gasteiger partial charge on any atom is -0.481 e. The van der Waals surface area contributed by atoms with Crippen LogP contribution in [-0.4, -0.2) is 91.5 Å². The molecule has 3 heterocycles. The molecule has 0 spiro atoms. The average molecular weight is 768 g/mol. The van der Waals surface area contributed by atoms with Gasteiger partial charge in [-0.1, -0.05) is 60.7 Å². The summed E-state index contributed by atoms with van der Waals surface area (Å²) < 4.78 is 0. The highest BCUT2D eigenvalue weighted by atomic mass is 16.4. The summed E-state index contributed by atoms with van der Waals surface area (Å²) >= 11 is 0. The molecule has 0 aromatic heterocycles. The van der Waals surface area contributed by atoms with Gasteiger partial charge in [0.2, 0.25) is 5.91 Å². The number of benzene rings is 3. The molecular formula is C44H57N5O7. The molecule has 56 heavy (non-hydrogen) atoms. The van der Waals surface area contributed by atoms with Crippen LogP contribution in [0, 0.1) is 35.5 Å². The largest absolute Gasteiger partial charge is 0.481 e. The van der Waals surface area contributed by atoms with Crippen molar-refractivity contribution in [2.45, 2.75) is 50.9 Å². The summed E-state index contributed by atoms with van der Waals surface area (Å²) in [6.45, 7) is 5.36. The first-order chi connectivity index (χ1) is 27.1. The van der Waals surface area contributed by atoms with Crippen molar-refractivity contribution in [3.05, 3.63) is 101 Å². The molecule has 0 radical (unpaired) electrons. The third-order valence-electron chi connectivity index (χ3n) is 12.1. The van der Waals surface area contributed by atoms with Crippen molar-refractivity contribution in [3.8, 4) is 0 Å². The molecule has 3 saturated heterocycles. The van der Waals surface area contributed by atoms with Crippen LogP contribution in [0.1, 0.15) is 53.0 Å². The Balaban J connectivity index is 1.15. The topological polar surface area (TPSA) is 189 Å². The fourth-order valence-electron chi connectivity index (χ4n) is 8.93. The maximum Gasteiger partial charge on any atom is 0.307 e. The van der Waals surface area contributed by atoms with Gasteiger partial charge in [0, 0.05) is 18.8 Å². The molecule has 0 saturated carbocycles. The van der Waals surface area contributed by atoms with Crippen molar-refractivity contribution in [2.24, 2.45) is 35.5 Å². The minimum atomic E-state index is -0.811. The lowest BCUT2D eigenvalue weighted by atomic mass is 9.83. The molecule has 0 aliphatic carbocycles. The molecule has 3 aromatic rings. The van der Waals surface area contributed by atoms with Gasteiger partial charge in [-0.2, -0.15) is 0 Å². The summed E-state index contributed by atoms with van der Waals surface area (Å²) in [6, 6.07) is 23.4. The van der Waals surface area contributed by atoms with E-state index in [2.05, 4.69) is 26.6 Å². The van der Waals surface area contributed by atoms with E-state index in [9.17, 15) is 34.5 Å². The zero-order valence-corrected chi connectivity index (χ0v) is 32.1. The number of carboxylic acid groups (broad SMARTS) is 3. The molecule has 1 amide bonds. The molecule has 3 aromatic carbocycles. The van der Waals surface area contributed by atoms with Crippen LogP contribution in [0.25, 0.3) is 0 Å². The lowest BCUT2D eigenvalue weighted by Crippen LogP contribution is -2.34. The second-order valence-corrected chi connectivity index (χ2v) is 15.9. The van der Waals surface area contributed by atoms with Gasteiger partial charge in [0.1, 0.15) is 0 Å². The van der Waals surface area contributed by atoms with E-state index < -0.39 is 41.6 Å². The van der Waals surface area contributed by atoms with Crippen LogP contribution in [0.2, 0.25) is 0 Å². The fourth-order valence-corrected chi connectivity index (χ4v) is 8.93. The predicted octanol–water partition coefficient (Wildman–Crippen LogP) is 3.80. The van der Waals surface area contributed by atoms with Crippen molar-refractivity contribution in [1.82, 2.24) is 21.3 Å². The van der Waals surface area contributed by atoms with Crippen molar-refractivity contribution >= 4 is 29.5 Å². The van der Waals surface area contributed by atoms with Gasteiger partial charge in [-0.25, -0.2) is 0 Å². The molecule has 1 unspecified atom stereocenters. The minimum absolute atomic E-state index is 0.0454. The molecule has 12 nitrogen and oxygen atoms in total. The van der Waals surface area contributed by atoms with Gasteiger partial charge in [-0.15, -0.1) is 0 Å². The Labute approximate surface area is 329 Å². The Hall–Kier alpha value is -4.78. The van der Waals surface area contributed by atoms with E-state index in [1.54, 1.807) is 0 Å². The molecule has 6 rings (SSSR count). The second kappa shape index (κ2) is 19.9. The quantitative estimate of drug-likeness (QED) is 0.0782. The number of carbonyl (C=O) groups is 4. The van der Waals surface area contributed by atoms with E-state index in [1.807, 2.05) is 72.8 Å². The molecule has 12 heteroatoms. The summed E-state index contributed by atoms with van der Waals surface area (Å²) in [5.74, 6) is -4.36. The molecule has 7 atom stereocenters. The molecule has 0 bridgehead atoms. The Bertz CT molecular complexity index is 1800. The molecule has 8 N–H and O–H groups in total. The van der Waals surface area contributed by atoms with E-state index in [0.717, 1.165) is 78.9 Å². The van der Waals surface area contributed by atoms with Crippen LogP contribution in [-0.2, 0) is 44.9 Å². The predicted molar refractivity (Wildman–Crippen MR) is 215 cm³/mol. The maximum atomic E-state index is 14.1. The second-order valence-electron chi connectivity index (χ2n) is 15.9.